The summed E-state index contributed by atoms with van der Waals surface area (Å²) in [5.41, 5.74) is 0.372. The van der Waals surface area contributed by atoms with Crippen LogP contribution in [0.3, 0.4) is 0 Å². The fourth-order valence-corrected chi connectivity index (χ4v) is 1.76. The monoisotopic (exact) mass is 269 g/mol. The summed E-state index contributed by atoms with van der Waals surface area (Å²) in [6, 6.07) is 7.48. The quantitative estimate of drug-likeness (QED) is 0.892. The molecule has 0 fully saturated rings. The van der Waals surface area contributed by atoms with Crippen LogP contribution in [-0.2, 0) is 15.1 Å². The van der Waals surface area contributed by atoms with Crippen LogP contribution in [0.5, 0.6) is 0 Å². The lowest BCUT2D eigenvalue weighted by molar-refractivity contribution is -0.125. The molecule has 1 rings (SSSR count). The van der Waals surface area contributed by atoms with Gasteiger partial charge in [-0.2, -0.15) is 0 Å². The maximum Gasteiger partial charge on any atom is 0.222 e. The Kier molecular flexibility index (Phi) is 5.17. The number of carbonyl (C=O) groups excluding carboxylic acids is 1. The van der Waals surface area contributed by atoms with Gasteiger partial charge in [-0.25, -0.2) is 0 Å². The van der Waals surface area contributed by atoms with Crippen LogP contribution in [0.1, 0.15) is 26.3 Å². The number of methoxy groups -OCH3 is 1. The van der Waals surface area contributed by atoms with Crippen molar-refractivity contribution in [2.24, 2.45) is 5.92 Å². The maximum atomic E-state index is 11.6. The largest absolute Gasteiger partial charge is 0.372 e. The van der Waals surface area contributed by atoms with Gasteiger partial charge in [-0.15, -0.1) is 0 Å². The fraction of sp³-hybridized carbons (Fsp3) is 0.500. The number of amides is 1. The highest BCUT2D eigenvalue weighted by Crippen LogP contribution is 2.26. The molecule has 3 nitrogen and oxygen atoms in total. The van der Waals surface area contributed by atoms with E-state index in [2.05, 4.69) is 5.32 Å². The van der Waals surface area contributed by atoms with E-state index in [-0.39, 0.29) is 11.8 Å². The molecule has 0 radical (unpaired) electrons. The number of ether oxygens (including phenoxy) is 1. The standard InChI is InChI=1S/C14H20ClNO2/c1-10(2)13(17)16-9-14(3,18-4)11-6-5-7-12(15)8-11/h5-8,10H,9H2,1-4H3,(H,16,17). The first-order valence-electron chi connectivity index (χ1n) is 5.98. The first kappa shape index (κ1) is 15.0. The minimum absolute atomic E-state index is 0.0142. The SMILES string of the molecule is COC(C)(CNC(=O)C(C)C)c1cccc(Cl)c1. The summed E-state index contributed by atoms with van der Waals surface area (Å²) in [6.45, 7) is 6.07. The Labute approximate surface area is 113 Å². The van der Waals surface area contributed by atoms with Gasteiger partial charge < -0.3 is 10.1 Å². The van der Waals surface area contributed by atoms with Crippen LogP contribution < -0.4 is 5.32 Å². The van der Waals surface area contributed by atoms with Gasteiger partial charge in [-0.05, 0) is 24.6 Å². The lowest BCUT2D eigenvalue weighted by atomic mass is 9.95. The summed E-state index contributed by atoms with van der Waals surface area (Å²) in [6.07, 6.45) is 0. The molecule has 1 amide bonds. The normalized spacial score (nSPS) is 14.3. The molecular formula is C14H20ClNO2. The number of rotatable bonds is 5. The van der Waals surface area contributed by atoms with E-state index >= 15 is 0 Å². The van der Waals surface area contributed by atoms with Crippen molar-refractivity contribution in [3.8, 4) is 0 Å². The second-order valence-corrected chi connectivity index (χ2v) is 5.25. The van der Waals surface area contributed by atoms with Crippen molar-refractivity contribution < 1.29 is 9.53 Å². The van der Waals surface area contributed by atoms with Crippen molar-refractivity contribution in [1.29, 1.82) is 0 Å². The topological polar surface area (TPSA) is 38.3 Å². The van der Waals surface area contributed by atoms with Gasteiger partial charge in [-0.3, -0.25) is 4.79 Å². The zero-order valence-corrected chi connectivity index (χ0v) is 12.0. The van der Waals surface area contributed by atoms with E-state index in [1.807, 2.05) is 45.0 Å². The van der Waals surface area contributed by atoms with E-state index in [1.54, 1.807) is 7.11 Å². The van der Waals surface area contributed by atoms with Gasteiger partial charge in [0.05, 0.1) is 6.54 Å². The number of nitrogens with one attached hydrogen (secondary N) is 1. The predicted octanol–water partition coefficient (Wildman–Crippen LogP) is 2.97. The zero-order valence-electron chi connectivity index (χ0n) is 11.3. The highest BCUT2D eigenvalue weighted by Gasteiger charge is 2.27. The molecule has 1 aromatic carbocycles. The molecule has 0 aliphatic rings. The average molecular weight is 270 g/mol. The molecule has 0 aliphatic heterocycles. The van der Waals surface area contributed by atoms with Crippen LogP contribution in [0.4, 0.5) is 0 Å². The number of halogens is 1. The molecule has 0 aliphatic carbocycles. The van der Waals surface area contributed by atoms with Gasteiger partial charge in [0, 0.05) is 18.1 Å². The molecule has 100 valence electrons. The maximum absolute atomic E-state index is 11.6. The summed E-state index contributed by atoms with van der Waals surface area (Å²) < 4.78 is 5.54. The van der Waals surface area contributed by atoms with Gasteiger partial charge in [-0.1, -0.05) is 37.6 Å². The third-order valence-corrected chi connectivity index (χ3v) is 3.25. The van der Waals surface area contributed by atoms with Crippen molar-refractivity contribution in [3.05, 3.63) is 34.9 Å². The van der Waals surface area contributed by atoms with E-state index < -0.39 is 5.60 Å². The molecule has 18 heavy (non-hydrogen) atoms. The molecule has 0 aromatic heterocycles. The summed E-state index contributed by atoms with van der Waals surface area (Å²) in [5.74, 6) is -0.0224. The summed E-state index contributed by atoms with van der Waals surface area (Å²) in [7, 11) is 1.63. The van der Waals surface area contributed by atoms with Crippen molar-refractivity contribution in [2.75, 3.05) is 13.7 Å². The van der Waals surface area contributed by atoms with Gasteiger partial charge in [0.25, 0.3) is 0 Å². The Bertz CT molecular complexity index is 420. The second kappa shape index (κ2) is 6.21. The zero-order chi connectivity index (χ0) is 13.8. The van der Waals surface area contributed by atoms with Crippen LogP contribution in [-0.4, -0.2) is 19.6 Å². The van der Waals surface area contributed by atoms with E-state index in [0.29, 0.717) is 11.6 Å². The van der Waals surface area contributed by atoms with E-state index in [1.165, 1.54) is 0 Å². The highest BCUT2D eigenvalue weighted by molar-refractivity contribution is 6.30. The van der Waals surface area contributed by atoms with Gasteiger partial charge in [0.2, 0.25) is 5.91 Å². The molecule has 0 saturated carbocycles. The van der Waals surface area contributed by atoms with Crippen molar-refractivity contribution in [2.45, 2.75) is 26.4 Å². The third-order valence-electron chi connectivity index (χ3n) is 3.01. The molecule has 1 aromatic rings. The van der Waals surface area contributed by atoms with E-state index in [4.69, 9.17) is 16.3 Å². The van der Waals surface area contributed by atoms with Crippen LogP contribution >= 0.6 is 11.6 Å². The Morgan fingerprint density at radius 3 is 2.67 bits per heavy atom. The van der Waals surface area contributed by atoms with Crippen LogP contribution in [0.15, 0.2) is 24.3 Å². The van der Waals surface area contributed by atoms with Crippen molar-refractivity contribution in [1.82, 2.24) is 5.32 Å². The van der Waals surface area contributed by atoms with Crippen LogP contribution in [0.25, 0.3) is 0 Å². The smallest absolute Gasteiger partial charge is 0.222 e. The second-order valence-electron chi connectivity index (χ2n) is 4.82. The minimum atomic E-state index is -0.574. The van der Waals surface area contributed by atoms with Crippen LogP contribution in [0.2, 0.25) is 5.02 Å². The summed E-state index contributed by atoms with van der Waals surface area (Å²) >= 11 is 5.98. The molecule has 1 atom stereocenters. The molecule has 1 unspecified atom stereocenters. The minimum Gasteiger partial charge on any atom is -0.372 e. The first-order chi connectivity index (χ1) is 8.39. The lowest BCUT2D eigenvalue weighted by Crippen LogP contribution is -2.41. The Balaban J connectivity index is 2.82. The Morgan fingerprint density at radius 2 is 2.17 bits per heavy atom. The first-order valence-corrected chi connectivity index (χ1v) is 6.36. The van der Waals surface area contributed by atoms with Crippen molar-refractivity contribution in [3.63, 3.8) is 0 Å². The molecule has 1 N–H and O–H groups in total. The van der Waals surface area contributed by atoms with Gasteiger partial charge in [0.15, 0.2) is 0 Å². The molecule has 0 heterocycles. The Morgan fingerprint density at radius 1 is 1.50 bits per heavy atom. The average Bonchev–Trinajstić information content (AvgIpc) is 2.35. The summed E-state index contributed by atoms with van der Waals surface area (Å²) in [5, 5.41) is 3.54. The number of benzene rings is 1. The molecule has 0 spiro atoms. The lowest BCUT2D eigenvalue weighted by Gasteiger charge is -2.29. The van der Waals surface area contributed by atoms with Crippen molar-refractivity contribution >= 4 is 17.5 Å². The number of carbonyl (C=O) groups is 1. The predicted molar refractivity (Wildman–Crippen MR) is 73.7 cm³/mol. The number of hydrogen-bond acceptors (Lipinski definition) is 2. The van der Waals surface area contributed by atoms with Gasteiger partial charge >= 0.3 is 0 Å². The molecular weight excluding hydrogens is 250 g/mol. The fourth-order valence-electron chi connectivity index (χ4n) is 1.57. The molecule has 0 saturated heterocycles. The van der Waals surface area contributed by atoms with Crippen LogP contribution in [0, 0.1) is 5.92 Å². The van der Waals surface area contributed by atoms with Gasteiger partial charge in [0.1, 0.15) is 5.60 Å². The Hall–Kier alpha value is -1.06. The molecule has 4 heteroatoms. The summed E-state index contributed by atoms with van der Waals surface area (Å²) in [4.78, 5) is 11.6. The molecule has 0 bridgehead atoms. The highest BCUT2D eigenvalue weighted by atomic mass is 35.5. The third kappa shape index (κ3) is 3.72. The van der Waals surface area contributed by atoms with E-state index in [0.717, 1.165) is 5.56 Å². The number of hydrogen-bond donors (Lipinski definition) is 1. The van der Waals surface area contributed by atoms with E-state index in [9.17, 15) is 4.79 Å².